The van der Waals surface area contributed by atoms with Crippen LogP contribution in [0.3, 0.4) is 0 Å². The maximum atomic E-state index is 4.88. The lowest BCUT2D eigenvalue weighted by atomic mass is 10.3. The van der Waals surface area contributed by atoms with Gasteiger partial charge in [-0.1, -0.05) is 24.3 Å². The van der Waals surface area contributed by atoms with E-state index in [2.05, 4.69) is 24.3 Å². The second-order valence-corrected chi connectivity index (χ2v) is 2.06. The Bertz CT molecular complexity index is 103. The Morgan fingerprint density at radius 2 is 2.00 bits per heavy atom. The molecule has 0 aliphatic rings. The summed E-state index contributed by atoms with van der Waals surface area (Å²) >= 11 is 0. The topological polar surface area (TPSA) is 9.23 Å². The summed E-state index contributed by atoms with van der Waals surface area (Å²) < 4.78 is 4.88. The van der Waals surface area contributed by atoms with Gasteiger partial charge in [0, 0.05) is 13.7 Å². The Morgan fingerprint density at radius 3 is 2.60 bits per heavy atom. The molecule has 0 unspecified atom stereocenters. The monoisotopic (exact) mass is 140 g/mol. The van der Waals surface area contributed by atoms with Crippen LogP contribution in [-0.4, -0.2) is 13.7 Å². The zero-order chi connectivity index (χ0) is 7.66. The minimum Gasteiger partial charge on any atom is -0.384 e. The molecule has 1 nitrogen and oxygen atoms in total. The number of hydrogen-bond donors (Lipinski definition) is 0. The van der Waals surface area contributed by atoms with E-state index in [1.165, 1.54) is 0 Å². The number of allylic oxidation sites excluding steroid dienone is 3. The smallest absolute Gasteiger partial charge is 0.0496 e. The Balaban J connectivity index is 3.04. The van der Waals surface area contributed by atoms with Crippen LogP contribution < -0.4 is 0 Å². The normalized spacial score (nSPS) is 11.8. The van der Waals surface area contributed by atoms with Crippen molar-refractivity contribution in [1.82, 2.24) is 0 Å². The van der Waals surface area contributed by atoms with Crippen molar-refractivity contribution in [3.05, 3.63) is 24.3 Å². The lowest BCUT2D eigenvalue weighted by molar-refractivity contribution is 0.204. The second-order valence-electron chi connectivity index (χ2n) is 2.06. The van der Waals surface area contributed by atoms with Gasteiger partial charge in [-0.15, -0.1) is 0 Å². The molecule has 0 spiro atoms. The first-order chi connectivity index (χ1) is 4.91. The molecule has 0 rings (SSSR count). The van der Waals surface area contributed by atoms with E-state index in [0.29, 0.717) is 0 Å². The second kappa shape index (κ2) is 8.44. The van der Waals surface area contributed by atoms with Gasteiger partial charge in [0.1, 0.15) is 0 Å². The van der Waals surface area contributed by atoms with E-state index in [1.54, 1.807) is 7.11 Å². The van der Waals surface area contributed by atoms with Crippen molar-refractivity contribution < 1.29 is 4.74 Å². The van der Waals surface area contributed by atoms with Gasteiger partial charge in [0.15, 0.2) is 0 Å². The molecule has 0 radical (unpaired) electrons. The van der Waals surface area contributed by atoms with Gasteiger partial charge in [0.2, 0.25) is 0 Å². The molecule has 0 fully saturated rings. The van der Waals surface area contributed by atoms with Crippen molar-refractivity contribution in [1.29, 1.82) is 0 Å². The molecule has 58 valence electrons. The molecule has 0 heterocycles. The van der Waals surface area contributed by atoms with Crippen LogP contribution in [0.4, 0.5) is 0 Å². The molecule has 0 saturated carbocycles. The summed E-state index contributed by atoms with van der Waals surface area (Å²) in [7, 11) is 1.72. The van der Waals surface area contributed by atoms with Crippen molar-refractivity contribution >= 4 is 0 Å². The average molecular weight is 140 g/mol. The van der Waals surface area contributed by atoms with Gasteiger partial charge in [-0.2, -0.15) is 0 Å². The van der Waals surface area contributed by atoms with E-state index < -0.39 is 0 Å². The van der Waals surface area contributed by atoms with Gasteiger partial charge in [0.25, 0.3) is 0 Å². The third-order valence-corrected chi connectivity index (χ3v) is 1.16. The summed E-state index contributed by atoms with van der Waals surface area (Å²) in [4.78, 5) is 0. The van der Waals surface area contributed by atoms with Crippen molar-refractivity contribution in [2.45, 2.75) is 19.8 Å². The summed E-state index contributed by atoms with van der Waals surface area (Å²) in [5.41, 5.74) is 0. The molecule has 1 heteroatoms. The van der Waals surface area contributed by atoms with E-state index in [4.69, 9.17) is 4.74 Å². The molecule has 0 atom stereocenters. The molecule has 0 aliphatic carbocycles. The van der Waals surface area contributed by atoms with Gasteiger partial charge in [0.05, 0.1) is 0 Å². The Labute approximate surface area is 63.4 Å². The highest BCUT2D eigenvalue weighted by Crippen LogP contribution is 1.88. The fourth-order valence-corrected chi connectivity index (χ4v) is 0.615. The van der Waals surface area contributed by atoms with E-state index in [9.17, 15) is 0 Å². The summed E-state index contributed by atoms with van der Waals surface area (Å²) in [5.74, 6) is 0. The maximum Gasteiger partial charge on any atom is 0.0496 e. The molecular formula is C9H16O. The van der Waals surface area contributed by atoms with Crippen LogP contribution in [0, 0.1) is 0 Å². The van der Waals surface area contributed by atoms with Gasteiger partial charge in [-0.3, -0.25) is 0 Å². The SMILES string of the molecule is CC=CC/C=C/CCOC. The molecule has 0 aromatic carbocycles. The lowest BCUT2D eigenvalue weighted by Crippen LogP contribution is -1.83. The fourth-order valence-electron chi connectivity index (χ4n) is 0.615. The van der Waals surface area contributed by atoms with E-state index >= 15 is 0 Å². The van der Waals surface area contributed by atoms with E-state index in [0.717, 1.165) is 19.4 Å². The highest BCUT2D eigenvalue weighted by atomic mass is 16.5. The molecule has 10 heavy (non-hydrogen) atoms. The van der Waals surface area contributed by atoms with Gasteiger partial charge in [-0.05, 0) is 19.8 Å². The summed E-state index contributed by atoms with van der Waals surface area (Å²) in [6, 6.07) is 0. The number of ether oxygens (including phenoxy) is 1. The van der Waals surface area contributed by atoms with Crippen LogP contribution in [0.25, 0.3) is 0 Å². The third kappa shape index (κ3) is 7.44. The average Bonchev–Trinajstić information content (AvgIpc) is 1.97. The molecule has 0 N–H and O–H groups in total. The zero-order valence-electron chi connectivity index (χ0n) is 6.84. The minimum absolute atomic E-state index is 0.826. The minimum atomic E-state index is 0.826. The molecule has 0 aromatic rings. The van der Waals surface area contributed by atoms with Crippen LogP contribution in [-0.2, 0) is 4.74 Å². The molecule has 0 aromatic heterocycles. The molecule has 0 bridgehead atoms. The number of methoxy groups -OCH3 is 1. The largest absolute Gasteiger partial charge is 0.384 e. The Morgan fingerprint density at radius 1 is 1.20 bits per heavy atom. The molecular weight excluding hydrogens is 124 g/mol. The predicted molar refractivity (Wildman–Crippen MR) is 45.1 cm³/mol. The van der Waals surface area contributed by atoms with Crippen molar-refractivity contribution in [2.24, 2.45) is 0 Å². The first-order valence-corrected chi connectivity index (χ1v) is 3.67. The van der Waals surface area contributed by atoms with E-state index in [1.807, 2.05) is 6.92 Å². The van der Waals surface area contributed by atoms with Gasteiger partial charge in [-0.25, -0.2) is 0 Å². The van der Waals surface area contributed by atoms with Crippen LogP contribution in [0.5, 0.6) is 0 Å². The highest BCUT2D eigenvalue weighted by Gasteiger charge is 1.75. The summed E-state index contributed by atoms with van der Waals surface area (Å²) in [5, 5.41) is 0. The first-order valence-electron chi connectivity index (χ1n) is 3.67. The lowest BCUT2D eigenvalue weighted by Gasteiger charge is -1.89. The quantitative estimate of drug-likeness (QED) is 0.421. The van der Waals surface area contributed by atoms with Crippen LogP contribution >= 0.6 is 0 Å². The molecule has 0 aliphatic heterocycles. The van der Waals surface area contributed by atoms with Crippen molar-refractivity contribution in [2.75, 3.05) is 13.7 Å². The Kier molecular flexibility index (Phi) is 7.97. The van der Waals surface area contributed by atoms with Crippen LogP contribution in [0.1, 0.15) is 19.8 Å². The van der Waals surface area contributed by atoms with Crippen molar-refractivity contribution in [3.8, 4) is 0 Å². The van der Waals surface area contributed by atoms with Crippen LogP contribution in [0.15, 0.2) is 24.3 Å². The predicted octanol–water partition coefficient (Wildman–Crippen LogP) is 2.55. The van der Waals surface area contributed by atoms with Gasteiger partial charge >= 0.3 is 0 Å². The molecule has 0 saturated heterocycles. The van der Waals surface area contributed by atoms with Crippen molar-refractivity contribution in [3.63, 3.8) is 0 Å². The summed E-state index contributed by atoms with van der Waals surface area (Å²) in [6.07, 6.45) is 10.5. The van der Waals surface area contributed by atoms with Crippen LogP contribution in [0.2, 0.25) is 0 Å². The first kappa shape index (κ1) is 9.44. The van der Waals surface area contributed by atoms with Gasteiger partial charge < -0.3 is 4.74 Å². The Hall–Kier alpha value is -0.560. The number of rotatable bonds is 5. The highest BCUT2D eigenvalue weighted by molar-refractivity contribution is 4.90. The summed E-state index contributed by atoms with van der Waals surface area (Å²) in [6.45, 7) is 2.86. The fraction of sp³-hybridized carbons (Fsp3) is 0.556. The standard InChI is InChI=1S/C9H16O/c1-3-4-5-6-7-8-9-10-2/h3-4,6-7H,5,8-9H2,1-2H3/b4-3?,7-6+. The maximum absolute atomic E-state index is 4.88. The third-order valence-electron chi connectivity index (χ3n) is 1.16. The number of hydrogen-bond acceptors (Lipinski definition) is 1. The zero-order valence-corrected chi connectivity index (χ0v) is 6.84. The van der Waals surface area contributed by atoms with E-state index in [-0.39, 0.29) is 0 Å². The molecule has 0 amide bonds.